The van der Waals surface area contributed by atoms with Gasteiger partial charge >= 0.3 is 0 Å². The molecule has 0 aliphatic carbocycles. The number of thiocarbonyl (C=S) groups is 1. The van der Waals surface area contributed by atoms with Crippen LogP contribution in [0, 0.1) is 0 Å². The lowest BCUT2D eigenvalue weighted by Crippen LogP contribution is -2.13. The maximum absolute atomic E-state index is 5.89. The number of nitrogens with one attached hydrogen (secondary N) is 1. The number of benzene rings is 1. The Hall–Kier alpha value is -0.620. The quantitative estimate of drug-likeness (QED) is 0.792. The van der Waals surface area contributed by atoms with E-state index >= 15 is 0 Å². The van der Waals surface area contributed by atoms with Crippen LogP contribution in [0.5, 0.6) is 0 Å². The molecular formula is C12H10BrClN2S2. The molecule has 2 nitrogen and oxygen atoms in total. The van der Waals surface area contributed by atoms with Crippen LogP contribution >= 0.6 is 51.1 Å². The predicted octanol–water partition coefficient (Wildman–Crippen LogP) is 4.41. The van der Waals surface area contributed by atoms with Crippen LogP contribution in [0.15, 0.2) is 34.8 Å². The highest BCUT2D eigenvalue weighted by molar-refractivity contribution is 9.10. The molecule has 0 radical (unpaired) electrons. The van der Waals surface area contributed by atoms with E-state index in [1.165, 1.54) is 0 Å². The molecule has 2 rings (SSSR count). The maximum Gasteiger partial charge on any atom is 0.106 e. The Bertz CT molecular complexity index is 583. The summed E-state index contributed by atoms with van der Waals surface area (Å²) in [6.07, 6.45) is 0. The SMILES string of the molecule is NC(=S)c1cc(Br)ccc1NCc1ccc(Cl)s1. The van der Waals surface area contributed by atoms with Crippen molar-refractivity contribution in [2.45, 2.75) is 6.54 Å². The summed E-state index contributed by atoms with van der Waals surface area (Å²) in [6.45, 7) is 0.703. The second-order valence-electron chi connectivity index (χ2n) is 3.61. The first-order valence-electron chi connectivity index (χ1n) is 5.13. The van der Waals surface area contributed by atoms with E-state index in [4.69, 9.17) is 29.6 Å². The summed E-state index contributed by atoms with van der Waals surface area (Å²) in [5.41, 5.74) is 7.47. The molecule has 2 aromatic rings. The Balaban J connectivity index is 2.16. The fourth-order valence-electron chi connectivity index (χ4n) is 1.50. The molecule has 0 amide bonds. The summed E-state index contributed by atoms with van der Waals surface area (Å²) < 4.78 is 1.74. The monoisotopic (exact) mass is 360 g/mol. The van der Waals surface area contributed by atoms with E-state index in [0.29, 0.717) is 11.5 Å². The zero-order valence-corrected chi connectivity index (χ0v) is 13.2. The number of anilines is 1. The molecule has 1 heterocycles. The van der Waals surface area contributed by atoms with Crippen molar-refractivity contribution in [2.24, 2.45) is 5.73 Å². The summed E-state index contributed by atoms with van der Waals surface area (Å²) in [5.74, 6) is 0. The number of nitrogens with two attached hydrogens (primary N) is 1. The predicted molar refractivity (Wildman–Crippen MR) is 86.7 cm³/mol. The zero-order chi connectivity index (χ0) is 13.1. The first-order valence-corrected chi connectivity index (χ1v) is 7.53. The van der Waals surface area contributed by atoms with Gasteiger partial charge in [-0.1, -0.05) is 39.7 Å². The zero-order valence-electron chi connectivity index (χ0n) is 9.24. The Labute approximate surface area is 128 Å². The lowest BCUT2D eigenvalue weighted by molar-refractivity contribution is 1.19. The molecule has 0 atom stereocenters. The van der Waals surface area contributed by atoms with E-state index in [1.807, 2.05) is 30.3 Å². The van der Waals surface area contributed by atoms with Crippen LogP contribution in [-0.4, -0.2) is 4.99 Å². The van der Waals surface area contributed by atoms with Crippen LogP contribution in [0.4, 0.5) is 5.69 Å². The first-order chi connectivity index (χ1) is 8.56. The lowest BCUT2D eigenvalue weighted by Gasteiger charge is -2.10. The molecule has 0 spiro atoms. The summed E-state index contributed by atoms with van der Waals surface area (Å²) in [5, 5.41) is 3.31. The number of halogens is 2. The normalized spacial score (nSPS) is 10.3. The highest BCUT2D eigenvalue weighted by atomic mass is 79.9. The summed E-state index contributed by atoms with van der Waals surface area (Å²) in [6, 6.07) is 9.70. The van der Waals surface area contributed by atoms with Gasteiger partial charge in [-0.05, 0) is 30.3 Å². The molecule has 0 unspecified atom stereocenters. The Morgan fingerprint density at radius 2 is 2.17 bits per heavy atom. The smallest absolute Gasteiger partial charge is 0.106 e. The van der Waals surface area contributed by atoms with Crippen LogP contribution in [0.1, 0.15) is 10.4 Å². The minimum atomic E-state index is 0.378. The standard InChI is InChI=1S/C12H10BrClN2S2/c13-7-1-3-10(9(5-7)12(15)17)16-6-8-2-4-11(14)18-8/h1-5,16H,6H2,(H2,15,17). The second kappa shape index (κ2) is 6.02. The average molecular weight is 362 g/mol. The third kappa shape index (κ3) is 3.45. The van der Waals surface area contributed by atoms with Gasteiger partial charge in [-0.15, -0.1) is 11.3 Å². The molecule has 3 N–H and O–H groups in total. The van der Waals surface area contributed by atoms with E-state index in [0.717, 1.165) is 24.9 Å². The van der Waals surface area contributed by atoms with Crippen LogP contribution in [0.2, 0.25) is 4.34 Å². The van der Waals surface area contributed by atoms with Gasteiger partial charge in [0.05, 0.1) is 4.34 Å². The van der Waals surface area contributed by atoms with Crippen molar-refractivity contribution in [3.05, 3.63) is 49.6 Å². The van der Waals surface area contributed by atoms with E-state index in [-0.39, 0.29) is 0 Å². The fraction of sp³-hybridized carbons (Fsp3) is 0.0833. The van der Waals surface area contributed by atoms with Gasteiger partial charge in [0.15, 0.2) is 0 Å². The van der Waals surface area contributed by atoms with E-state index < -0.39 is 0 Å². The molecule has 94 valence electrons. The third-order valence-corrected chi connectivity index (χ3v) is 4.27. The Morgan fingerprint density at radius 1 is 1.39 bits per heavy atom. The third-order valence-electron chi connectivity index (χ3n) is 2.33. The highest BCUT2D eigenvalue weighted by Gasteiger charge is 2.06. The molecule has 0 fully saturated rings. The van der Waals surface area contributed by atoms with Gasteiger partial charge in [0.1, 0.15) is 4.99 Å². The van der Waals surface area contributed by atoms with Crippen molar-refractivity contribution < 1.29 is 0 Å². The molecule has 0 bridgehead atoms. The Kier molecular flexibility index (Phi) is 4.61. The van der Waals surface area contributed by atoms with E-state index in [9.17, 15) is 0 Å². The fourth-order valence-corrected chi connectivity index (χ4v) is 3.06. The molecule has 1 aromatic heterocycles. The lowest BCUT2D eigenvalue weighted by atomic mass is 10.2. The highest BCUT2D eigenvalue weighted by Crippen LogP contribution is 2.25. The van der Waals surface area contributed by atoms with Gasteiger partial charge in [0.2, 0.25) is 0 Å². The van der Waals surface area contributed by atoms with Crippen molar-refractivity contribution >= 4 is 61.8 Å². The number of hydrogen-bond donors (Lipinski definition) is 2. The van der Waals surface area contributed by atoms with Crippen molar-refractivity contribution in [1.82, 2.24) is 0 Å². The molecule has 1 aromatic carbocycles. The minimum absolute atomic E-state index is 0.378. The number of thiophene rings is 1. The van der Waals surface area contributed by atoms with Crippen LogP contribution < -0.4 is 11.1 Å². The average Bonchev–Trinajstić information content (AvgIpc) is 2.73. The molecule has 0 saturated heterocycles. The van der Waals surface area contributed by atoms with E-state index in [2.05, 4.69) is 21.2 Å². The van der Waals surface area contributed by atoms with Crippen LogP contribution in [0.3, 0.4) is 0 Å². The van der Waals surface area contributed by atoms with Gasteiger partial charge in [0.25, 0.3) is 0 Å². The molecule has 0 aliphatic heterocycles. The molecule has 18 heavy (non-hydrogen) atoms. The molecular weight excluding hydrogens is 352 g/mol. The van der Waals surface area contributed by atoms with Crippen molar-refractivity contribution in [3.8, 4) is 0 Å². The Morgan fingerprint density at radius 3 is 2.78 bits per heavy atom. The number of rotatable bonds is 4. The minimum Gasteiger partial charge on any atom is -0.389 e. The summed E-state index contributed by atoms with van der Waals surface area (Å²) in [4.78, 5) is 1.54. The van der Waals surface area contributed by atoms with Gasteiger partial charge in [-0.25, -0.2) is 0 Å². The van der Waals surface area contributed by atoms with Crippen LogP contribution in [-0.2, 0) is 6.54 Å². The maximum atomic E-state index is 5.89. The van der Waals surface area contributed by atoms with Gasteiger partial charge in [-0.2, -0.15) is 0 Å². The van der Waals surface area contributed by atoms with Gasteiger partial charge < -0.3 is 11.1 Å². The van der Waals surface area contributed by atoms with Crippen molar-refractivity contribution in [2.75, 3.05) is 5.32 Å². The van der Waals surface area contributed by atoms with Gasteiger partial charge in [0, 0.05) is 27.1 Å². The van der Waals surface area contributed by atoms with Crippen LogP contribution in [0.25, 0.3) is 0 Å². The second-order valence-corrected chi connectivity index (χ2v) is 6.77. The largest absolute Gasteiger partial charge is 0.389 e. The van der Waals surface area contributed by atoms with Crippen molar-refractivity contribution in [3.63, 3.8) is 0 Å². The topological polar surface area (TPSA) is 38.0 Å². The van der Waals surface area contributed by atoms with Gasteiger partial charge in [-0.3, -0.25) is 0 Å². The van der Waals surface area contributed by atoms with Crippen molar-refractivity contribution in [1.29, 1.82) is 0 Å². The molecule has 0 aliphatic rings. The molecule has 0 saturated carbocycles. The van der Waals surface area contributed by atoms with E-state index in [1.54, 1.807) is 11.3 Å². The summed E-state index contributed by atoms with van der Waals surface area (Å²) in [7, 11) is 0. The number of hydrogen-bond acceptors (Lipinski definition) is 3. The summed E-state index contributed by atoms with van der Waals surface area (Å²) >= 11 is 15.9. The first kappa shape index (κ1) is 13.8. The molecule has 6 heteroatoms.